The van der Waals surface area contributed by atoms with Crippen LogP contribution in [0.5, 0.6) is 0 Å². The SMILES string of the molecule is CC1CCN(S(=O)(=O)Cc2ccccc2)CC1Br. The third-order valence-electron chi connectivity index (χ3n) is 3.41. The van der Waals surface area contributed by atoms with E-state index in [9.17, 15) is 8.42 Å². The third-order valence-corrected chi connectivity index (χ3v) is 6.42. The summed E-state index contributed by atoms with van der Waals surface area (Å²) in [6.45, 7) is 3.37. The molecule has 5 heteroatoms. The number of piperidine rings is 1. The minimum Gasteiger partial charge on any atom is -0.212 e. The van der Waals surface area contributed by atoms with Crippen LogP contribution in [0.1, 0.15) is 18.9 Å². The minimum atomic E-state index is -3.19. The second-order valence-corrected chi connectivity index (χ2v) is 8.03. The normalized spacial score (nSPS) is 26.1. The number of hydrogen-bond donors (Lipinski definition) is 0. The van der Waals surface area contributed by atoms with Gasteiger partial charge in [-0.05, 0) is 17.9 Å². The number of alkyl halides is 1. The Balaban J connectivity index is 2.08. The zero-order chi connectivity index (χ0) is 13.2. The highest BCUT2D eigenvalue weighted by atomic mass is 79.9. The first-order valence-corrected chi connectivity index (χ1v) is 8.67. The molecule has 0 bridgehead atoms. The monoisotopic (exact) mass is 331 g/mol. The Morgan fingerprint density at radius 2 is 2.00 bits per heavy atom. The summed E-state index contributed by atoms with van der Waals surface area (Å²) in [4.78, 5) is 0.261. The second kappa shape index (κ2) is 5.72. The van der Waals surface area contributed by atoms with Gasteiger partial charge in [0.1, 0.15) is 0 Å². The Hall–Kier alpha value is -0.390. The lowest BCUT2D eigenvalue weighted by molar-refractivity contribution is 0.299. The fraction of sp³-hybridized carbons (Fsp3) is 0.538. The highest BCUT2D eigenvalue weighted by molar-refractivity contribution is 9.09. The maximum atomic E-state index is 12.3. The second-order valence-electron chi connectivity index (χ2n) is 4.88. The molecule has 1 fully saturated rings. The van der Waals surface area contributed by atoms with E-state index in [1.807, 2.05) is 30.3 Å². The zero-order valence-electron chi connectivity index (χ0n) is 10.4. The van der Waals surface area contributed by atoms with E-state index >= 15 is 0 Å². The molecule has 3 nitrogen and oxygen atoms in total. The van der Waals surface area contributed by atoms with E-state index in [0.717, 1.165) is 12.0 Å². The van der Waals surface area contributed by atoms with Crippen LogP contribution in [0.3, 0.4) is 0 Å². The van der Waals surface area contributed by atoms with Crippen LogP contribution in [0.25, 0.3) is 0 Å². The van der Waals surface area contributed by atoms with Gasteiger partial charge in [0.05, 0.1) is 5.75 Å². The number of sulfonamides is 1. The van der Waals surface area contributed by atoms with E-state index in [1.54, 1.807) is 4.31 Å². The molecule has 1 aliphatic heterocycles. The van der Waals surface area contributed by atoms with Crippen molar-refractivity contribution in [1.82, 2.24) is 4.31 Å². The lowest BCUT2D eigenvalue weighted by Gasteiger charge is -2.33. The van der Waals surface area contributed by atoms with Gasteiger partial charge in [-0.3, -0.25) is 0 Å². The summed E-state index contributed by atoms with van der Waals surface area (Å²) in [6.07, 6.45) is 0.921. The maximum absolute atomic E-state index is 12.3. The van der Waals surface area contributed by atoms with E-state index in [-0.39, 0.29) is 10.6 Å². The summed E-state index contributed by atoms with van der Waals surface area (Å²) in [5.41, 5.74) is 0.849. The van der Waals surface area contributed by atoms with Crippen LogP contribution in [0.2, 0.25) is 0 Å². The number of nitrogens with zero attached hydrogens (tertiary/aromatic N) is 1. The van der Waals surface area contributed by atoms with Gasteiger partial charge in [-0.1, -0.05) is 53.2 Å². The van der Waals surface area contributed by atoms with Gasteiger partial charge >= 0.3 is 0 Å². The Kier molecular flexibility index (Phi) is 4.45. The highest BCUT2D eigenvalue weighted by Crippen LogP contribution is 2.26. The lowest BCUT2D eigenvalue weighted by Crippen LogP contribution is -2.43. The van der Waals surface area contributed by atoms with Crippen molar-refractivity contribution < 1.29 is 8.42 Å². The van der Waals surface area contributed by atoms with Crippen molar-refractivity contribution in [2.45, 2.75) is 23.9 Å². The Morgan fingerprint density at radius 1 is 1.33 bits per heavy atom. The summed E-state index contributed by atoms with van der Waals surface area (Å²) in [7, 11) is -3.19. The van der Waals surface area contributed by atoms with E-state index in [2.05, 4.69) is 22.9 Å². The molecule has 2 unspecified atom stereocenters. The first-order chi connectivity index (χ1) is 8.49. The molecule has 0 spiro atoms. The topological polar surface area (TPSA) is 37.4 Å². The van der Waals surface area contributed by atoms with Gasteiger partial charge in [0, 0.05) is 17.9 Å². The van der Waals surface area contributed by atoms with Crippen molar-refractivity contribution >= 4 is 26.0 Å². The molecule has 2 atom stereocenters. The van der Waals surface area contributed by atoms with Gasteiger partial charge < -0.3 is 0 Å². The third kappa shape index (κ3) is 3.33. The summed E-state index contributed by atoms with van der Waals surface area (Å²) in [5.74, 6) is 0.634. The molecule has 0 N–H and O–H groups in total. The smallest absolute Gasteiger partial charge is 0.212 e. The summed E-state index contributed by atoms with van der Waals surface area (Å²) in [6, 6.07) is 9.35. The number of halogens is 1. The summed E-state index contributed by atoms with van der Waals surface area (Å²) < 4.78 is 26.2. The van der Waals surface area contributed by atoms with Gasteiger partial charge in [0.2, 0.25) is 10.0 Å². The molecule has 100 valence electrons. The van der Waals surface area contributed by atoms with Crippen molar-refractivity contribution in [2.24, 2.45) is 5.92 Å². The van der Waals surface area contributed by atoms with Gasteiger partial charge in [-0.25, -0.2) is 12.7 Å². The van der Waals surface area contributed by atoms with Crippen LogP contribution in [0, 0.1) is 5.92 Å². The van der Waals surface area contributed by atoms with Crippen LogP contribution in [-0.4, -0.2) is 30.6 Å². The number of hydrogen-bond acceptors (Lipinski definition) is 2. The molecule has 1 heterocycles. The van der Waals surface area contributed by atoms with Gasteiger partial charge in [-0.2, -0.15) is 0 Å². The minimum absolute atomic E-state index is 0.0991. The Bertz CT molecular complexity index is 489. The predicted molar refractivity (Wildman–Crippen MR) is 77.1 cm³/mol. The van der Waals surface area contributed by atoms with Gasteiger partial charge in [0.25, 0.3) is 0 Å². The van der Waals surface area contributed by atoms with Crippen LogP contribution in [-0.2, 0) is 15.8 Å². The number of benzene rings is 1. The van der Waals surface area contributed by atoms with E-state index in [1.165, 1.54) is 0 Å². The predicted octanol–water partition coefficient (Wildman–Crippen LogP) is 2.62. The first-order valence-electron chi connectivity index (χ1n) is 6.15. The van der Waals surface area contributed by atoms with Crippen molar-refractivity contribution in [3.05, 3.63) is 35.9 Å². The molecule has 0 aromatic heterocycles. The Labute approximate surface area is 117 Å². The van der Waals surface area contributed by atoms with E-state index in [0.29, 0.717) is 19.0 Å². The molecule has 1 saturated heterocycles. The largest absolute Gasteiger partial charge is 0.218 e. The molecule has 2 rings (SSSR count). The Morgan fingerprint density at radius 3 is 2.61 bits per heavy atom. The standard InChI is InChI=1S/C13H18BrNO2S/c1-11-7-8-15(9-13(11)14)18(16,17)10-12-5-3-2-4-6-12/h2-6,11,13H,7-10H2,1H3. The molecule has 1 aliphatic rings. The molecule has 0 amide bonds. The quantitative estimate of drug-likeness (QED) is 0.798. The van der Waals surface area contributed by atoms with Crippen molar-refractivity contribution in [2.75, 3.05) is 13.1 Å². The van der Waals surface area contributed by atoms with Gasteiger partial charge in [0.15, 0.2) is 0 Å². The molecular formula is C13H18BrNO2S. The molecule has 0 aliphatic carbocycles. The molecule has 1 aromatic carbocycles. The molecular weight excluding hydrogens is 314 g/mol. The van der Waals surface area contributed by atoms with Crippen LogP contribution in [0.4, 0.5) is 0 Å². The lowest BCUT2D eigenvalue weighted by atomic mass is 10.0. The molecule has 0 saturated carbocycles. The maximum Gasteiger partial charge on any atom is 0.218 e. The van der Waals surface area contributed by atoms with Crippen molar-refractivity contribution in [3.63, 3.8) is 0 Å². The fourth-order valence-electron chi connectivity index (χ4n) is 2.12. The van der Waals surface area contributed by atoms with Crippen molar-refractivity contribution in [3.8, 4) is 0 Å². The number of rotatable bonds is 3. The average molecular weight is 332 g/mol. The van der Waals surface area contributed by atoms with Gasteiger partial charge in [-0.15, -0.1) is 0 Å². The first kappa shape index (κ1) is 14.0. The fourth-order valence-corrected chi connectivity index (χ4v) is 4.50. The van der Waals surface area contributed by atoms with Crippen molar-refractivity contribution in [1.29, 1.82) is 0 Å². The van der Waals surface area contributed by atoms with E-state index in [4.69, 9.17) is 0 Å². The highest BCUT2D eigenvalue weighted by Gasteiger charge is 2.31. The average Bonchev–Trinajstić information content (AvgIpc) is 2.33. The summed E-state index contributed by atoms with van der Waals surface area (Å²) >= 11 is 3.57. The molecule has 18 heavy (non-hydrogen) atoms. The zero-order valence-corrected chi connectivity index (χ0v) is 12.8. The summed E-state index contributed by atoms with van der Waals surface area (Å²) in [5, 5.41) is 0. The molecule has 0 radical (unpaired) electrons. The molecule has 1 aromatic rings. The van der Waals surface area contributed by atoms with E-state index < -0.39 is 10.0 Å². The van der Waals surface area contributed by atoms with Crippen LogP contribution in [0.15, 0.2) is 30.3 Å². The van der Waals surface area contributed by atoms with Crippen LogP contribution < -0.4 is 0 Å². The van der Waals surface area contributed by atoms with Crippen LogP contribution >= 0.6 is 15.9 Å².